The first-order valence-corrected chi connectivity index (χ1v) is 11.6. The molecule has 29 heavy (non-hydrogen) atoms. The lowest BCUT2D eigenvalue weighted by Gasteiger charge is -2.19. The monoisotopic (exact) mass is 412 g/mol. The van der Waals surface area contributed by atoms with Gasteiger partial charge in [-0.3, -0.25) is 4.79 Å². The van der Waals surface area contributed by atoms with Crippen molar-refractivity contribution in [2.75, 3.05) is 6.54 Å². The minimum Gasteiger partial charge on any atom is -0.346 e. The highest BCUT2D eigenvalue weighted by molar-refractivity contribution is 7.89. The zero-order valence-corrected chi connectivity index (χ0v) is 17.8. The van der Waals surface area contributed by atoms with E-state index < -0.39 is 10.0 Å². The molecule has 1 amide bonds. The summed E-state index contributed by atoms with van der Waals surface area (Å²) in [5, 5.41) is 2.99. The van der Waals surface area contributed by atoms with Crippen LogP contribution in [0.5, 0.6) is 0 Å². The zero-order chi connectivity index (χ0) is 20.9. The summed E-state index contributed by atoms with van der Waals surface area (Å²) in [4.78, 5) is 12.5. The van der Waals surface area contributed by atoms with Gasteiger partial charge in [0.25, 0.3) is 0 Å². The van der Waals surface area contributed by atoms with Crippen LogP contribution < -0.4 is 10.0 Å². The summed E-state index contributed by atoms with van der Waals surface area (Å²) in [6.45, 7) is 4.06. The Labute approximate surface area is 173 Å². The van der Waals surface area contributed by atoms with Crippen LogP contribution >= 0.6 is 0 Å². The predicted octanol–water partition coefficient (Wildman–Crippen LogP) is 3.75. The Kier molecular flexibility index (Phi) is 6.87. The maximum atomic E-state index is 12.3. The lowest BCUT2D eigenvalue weighted by atomic mass is 9.89. The summed E-state index contributed by atoms with van der Waals surface area (Å²) in [6.07, 6.45) is 7.90. The maximum absolute atomic E-state index is 12.3. The number of aryl methyl sites for hydroxylation is 2. The van der Waals surface area contributed by atoms with Gasteiger partial charge in [0.15, 0.2) is 0 Å². The van der Waals surface area contributed by atoms with Crippen molar-refractivity contribution in [1.29, 1.82) is 0 Å². The summed E-state index contributed by atoms with van der Waals surface area (Å²) in [5.74, 6) is -0.181. The van der Waals surface area contributed by atoms with Crippen molar-refractivity contribution in [3.05, 3.63) is 70.8 Å². The van der Waals surface area contributed by atoms with E-state index >= 15 is 0 Å². The third kappa shape index (κ3) is 5.55. The minimum absolute atomic E-state index is 0.0768. The molecule has 0 heterocycles. The topological polar surface area (TPSA) is 75.3 Å². The van der Waals surface area contributed by atoms with Gasteiger partial charge in [-0.2, -0.15) is 0 Å². The molecule has 154 valence electrons. The molecular weight excluding hydrogens is 384 g/mol. The van der Waals surface area contributed by atoms with E-state index in [0.717, 1.165) is 24.0 Å². The Hall–Kier alpha value is -2.44. The highest BCUT2D eigenvalue weighted by Crippen LogP contribution is 2.24. The second-order valence-corrected chi connectivity index (χ2v) is 9.14. The first-order chi connectivity index (χ1) is 13.9. The number of carbonyl (C=O) groups excluding carboxylic acids is 1. The molecule has 0 saturated carbocycles. The molecule has 5 nitrogen and oxygen atoms in total. The molecule has 2 aromatic carbocycles. The van der Waals surface area contributed by atoms with Crippen LogP contribution in [-0.2, 0) is 27.7 Å². The summed E-state index contributed by atoms with van der Waals surface area (Å²) < 4.78 is 26.4. The van der Waals surface area contributed by atoms with Crippen LogP contribution in [-0.4, -0.2) is 20.9 Å². The number of sulfonamides is 1. The van der Waals surface area contributed by atoms with Crippen LogP contribution in [0.2, 0.25) is 0 Å². The van der Waals surface area contributed by atoms with E-state index in [4.69, 9.17) is 0 Å². The summed E-state index contributed by atoms with van der Waals surface area (Å²) in [5.41, 5.74) is 4.71. The van der Waals surface area contributed by atoms with E-state index in [9.17, 15) is 13.2 Å². The van der Waals surface area contributed by atoms with Crippen molar-refractivity contribution >= 4 is 22.0 Å². The Morgan fingerprint density at radius 2 is 1.76 bits per heavy atom. The van der Waals surface area contributed by atoms with Crippen molar-refractivity contribution in [3.63, 3.8) is 0 Å². The summed E-state index contributed by atoms with van der Waals surface area (Å²) in [7, 11) is -3.47. The van der Waals surface area contributed by atoms with Gasteiger partial charge in [-0.05, 0) is 73.1 Å². The number of nitrogens with one attached hydrogen (secondary N) is 2. The van der Waals surface area contributed by atoms with Gasteiger partial charge in [-0.25, -0.2) is 13.1 Å². The zero-order valence-electron chi connectivity index (χ0n) is 16.9. The van der Waals surface area contributed by atoms with Gasteiger partial charge in [-0.15, -0.1) is 0 Å². The Morgan fingerprint density at radius 3 is 2.45 bits per heavy atom. The number of hydrogen-bond donors (Lipinski definition) is 2. The van der Waals surface area contributed by atoms with E-state index in [1.54, 1.807) is 25.1 Å². The van der Waals surface area contributed by atoms with E-state index in [0.29, 0.717) is 6.54 Å². The Bertz CT molecular complexity index is 995. The molecule has 1 aliphatic carbocycles. The SMILES string of the molecule is CCNS(=O)(=O)c1ccc(C=CC(=O)NC(C)c2ccc3c(c2)CCCC3)cc1. The van der Waals surface area contributed by atoms with Gasteiger partial charge < -0.3 is 5.32 Å². The highest BCUT2D eigenvalue weighted by Gasteiger charge is 2.14. The quantitative estimate of drug-likeness (QED) is 0.680. The molecule has 0 radical (unpaired) electrons. The van der Waals surface area contributed by atoms with Crippen LogP contribution in [0, 0.1) is 0 Å². The molecule has 0 fully saturated rings. The Morgan fingerprint density at radius 1 is 1.07 bits per heavy atom. The molecule has 0 bridgehead atoms. The highest BCUT2D eigenvalue weighted by atomic mass is 32.2. The van der Waals surface area contributed by atoms with Crippen molar-refractivity contribution in [1.82, 2.24) is 10.0 Å². The number of fused-ring (bicyclic) bond motifs is 1. The van der Waals surface area contributed by atoms with Crippen LogP contribution in [0.4, 0.5) is 0 Å². The number of amides is 1. The first-order valence-electron chi connectivity index (χ1n) is 10.1. The molecule has 0 aromatic heterocycles. The smallest absolute Gasteiger partial charge is 0.244 e. The fraction of sp³-hybridized carbons (Fsp3) is 0.348. The fourth-order valence-corrected chi connectivity index (χ4v) is 4.61. The molecule has 0 aliphatic heterocycles. The second-order valence-electron chi connectivity index (χ2n) is 7.37. The lowest BCUT2D eigenvalue weighted by molar-refractivity contribution is -0.117. The second kappa shape index (κ2) is 9.37. The van der Waals surface area contributed by atoms with Crippen molar-refractivity contribution in [2.45, 2.75) is 50.5 Å². The van der Waals surface area contributed by atoms with Crippen molar-refractivity contribution in [3.8, 4) is 0 Å². The number of benzene rings is 2. The van der Waals surface area contributed by atoms with E-state index in [-0.39, 0.29) is 16.8 Å². The number of rotatable bonds is 7. The molecule has 0 spiro atoms. The molecule has 1 unspecified atom stereocenters. The predicted molar refractivity (Wildman–Crippen MR) is 116 cm³/mol. The van der Waals surface area contributed by atoms with E-state index in [1.165, 1.54) is 42.2 Å². The van der Waals surface area contributed by atoms with Crippen molar-refractivity contribution in [2.24, 2.45) is 0 Å². The normalized spacial score (nSPS) is 15.1. The van der Waals surface area contributed by atoms with Gasteiger partial charge >= 0.3 is 0 Å². The number of carbonyl (C=O) groups is 1. The average molecular weight is 413 g/mol. The number of hydrogen-bond acceptors (Lipinski definition) is 3. The third-order valence-electron chi connectivity index (χ3n) is 5.18. The third-order valence-corrected chi connectivity index (χ3v) is 6.74. The van der Waals surface area contributed by atoms with Gasteiger partial charge in [-0.1, -0.05) is 37.3 Å². The van der Waals surface area contributed by atoms with E-state index in [1.807, 2.05) is 6.92 Å². The largest absolute Gasteiger partial charge is 0.346 e. The lowest BCUT2D eigenvalue weighted by Crippen LogP contribution is -2.25. The molecule has 3 rings (SSSR count). The summed E-state index contributed by atoms with van der Waals surface area (Å²) >= 11 is 0. The minimum atomic E-state index is -3.47. The van der Waals surface area contributed by atoms with Crippen LogP contribution in [0.15, 0.2) is 53.4 Å². The average Bonchev–Trinajstić information content (AvgIpc) is 2.72. The molecular formula is C23H28N2O3S. The molecule has 0 saturated heterocycles. The molecule has 2 aromatic rings. The van der Waals surface area contributed by atoms with Gasteiger partial charge in [0.05, 0.1) is 10.9 Å². The summed E-state index contributed by atoms with van der Waals surface area (Å²) in [6, 6.07) is 12.9. The maximum Gasteiger partial charge on any atom is 0.244 e. The van der Waals surface area contributed by atoms with Crippen LogP contribution in [0.25, 0.3) is 6.08 Å². The fourth-order valence-electron chi connectivity index (χ4n) is 3.57. The first kappa shape index (κ1) is 21.3. The molecule has 1 aliphatic rings. The standard InChI is InChI=1S/C23H28N2O3S/c1-3-24-29(27,28)22-13-8-18(9-14-22)10-15-23(26)25-17(2)20-12-11-19-6-4-5-7-21(19)16-20/h8-17,24H,3-7H2,1-2H3,(H,25,26). The Balaban J connectivity index is 1.60. The van der Waals surface area contributed by atoms with Gasteiger partial charge in [0.2, 0.25) is 15.9 Å². The molecule has 2 N–H and O–H groups in total. The molecule has 1 atom stereocenters. The van der Waals surface area contributed by atoms with Crippen molar-refractivity contribution < 1.29 is 13.2 Å². The van der Waals surface area contributed by atoms with Crippen LogP contribution in [0.1, 0.15) is 55.0 Å². The van der Waals surface area contributed by atoms with E-state index in [2.05, 4.69) is 28.2 Å². The molecule has 6 heteroatoms. The van der Waals surface area contributed by atoms with Gasteiger partial charge in [0, 0.05) is 12.6 Å². The van der Waals surface area contributed by atoms with Gasteiger partial charge in [0.1, 0.15) is 0 Å². The van der Waals surface area contributed by atoms with Crippen LogP contribution in [0.3, 0.4) is 0 Å².